The Hall–Kier alpha value is -4.58. The first kappa shape index (κ1) is 40.1. The van der Waals surface area contributed by atoms with Crippen LogP contribution in [-0.4, -0.2) is 81.5 Å². The van der Waals surface area contributed by atoms with Crippen molar-refractivity contribution < 1.29 is 33.8 Å². The van der Waals surface area contributed by atoms with Gasteiger partial charge in [0.1, 0.15) is 17.7 Å². The number of aliphatic hydroxyl groups excluding tert-OH is 1. The number of nitrogens with zero attached hydrogens (tertiary/aromatic N) is 2. The number of nitrogens with one attached hydrogen (secondary N) is 1. The van der Waals surface area contributed by atoms with Gasteiger partial charge in [-0.2, -0.15) is 0 Å². The lowest BCUT2D eigenvalue weighted by atomic mass is 9.70. The van der Waals surface area contributed by atoms with Crippen molar-refractivity contribution in [2.75, 3.05) is 18.1 Å². The summed E-state index contributed by atoms with van der Waals surface area (Å²) in [6.45, 7) is 13.0. The highest BCUT2D eigenvalue weighted by atomic mass is 79.9. The molecular formula is C44H50BrN3O7. The Morgan fingerprint density at radius 3 is 2.42 bits per heavy atom. The maximum Gasteiger partial charge on any atom is 0.313 e. The molecule has 11 heteroatoms. The number of alkyl halides is 1. The SMILES string of the molecule is C=CCCC(=O)N[C@@H](C)[C@H](OC(=O)[C@@H]1[C@H]2O[C@@]3(CC2Br)[C@H](C(=O)N(CC=C)c2cc(C)ccc2C)N([C@@H](CO)Cc2ccccc2)C(=O)[C@@H]13)c1ccccc1. The van der Waals surface area contributed by atoms with Crippen molar-refractivity contribution in [2.45, 2.75) is 87.2 Å². The van der Waals surface area contributed by atoms with E-state index in [1.54, 1.807) is 24.0 Å². The minimum Gasteiger partial charge on any atom is -0.455 e. The molecule has 2 bridgehead atoms. The van der Waals surface area contributed by atoms with Gasteiger partial charge in [-0.1, -0.05) is 101 Å². The molecule has 3 aliphatic heterocycles. The van der Waals surface area contributed by atoms with Crippen LogP contribution in [0.1, 0.15) is 54.5 Å². The van der Waals surface area contributed by atoms with E-state index in [2.05, 4.69) is 34.4 Å². The number of carbonyl (C=O) groups is 4. The number of ether oxygens (including phenoxy) is 2. The number of allylic oxidation sites excluding steroid dienone is 1. The fraction of sp³-hybridized carbons (Fsp3) is 0.409. The molecule has 0 aromatic heterocycles. The number of rotatable bonds is 16. The summed E-state index contributed by atoms with van der Waals surface area (Å²) >= 11 is 3.77. The quantitative estimate of drug-likeness (QED) is 0.104. The first-order chi connectivity index (χ1) is 26.4. The number of esters is 1. The molecule has 10 nitrogen and oxygen atoms in total. The molecule has 3 aliphatic rings. The van der Waals surface area contributed by atoms with Gasteiger partial charge >= 0.3 is 5.97 Å². The molecule has 9 atom stereocenters. The number of benzene rings is 3. The van der Waals surface area contributed by atoms with Crippen LogP contribution >= 0.6 is 15.9 Å². The maximum atomic E-state index is 15.3. The fourth-order valence-corrected chi connectivity index (χ4v) is 9.62. The summed E-state index contributed by atoms with van der Waals surface area (Å²) in [4.78, 5) is 60.6. The molecule has 3 fully saturated rings. The molecule has 3 amide bonds. The monoisotopic (exact) mass is 811 g/mol. The minimum absolute atomic E-state index is 0.159. The van der Waals surface area contributed by atoms with Gasteiger partial charge < -0.3 is 29.7 Å². The van der Waals surface area contributed by atoms with Crippen molar-refractivity contribution in [3.05, 3.63) is 126 Å². The summed E-state index contributed by atoms with van der Waals surface area (Å²) in [7, 11) is 0. The van der Waals surface area contributed by atoms with Gasteiger partial charge in [0.25, 0.3) is 5.91 Å². The number of hydrogen-bond donors (Lipinski definition) is 2. The van der Waals surface area contributed by atoms with Crippen LogP contribution in [0.2, 0.25) is 0 Å². The van der Waals surface area contributed by atoms with Crippen LogP contribution < -0.4 is 10.2 Å². The molecular weight excluding hydrogens is 762 g/mol. The second-order valence-corrected chi connectivity index (χ2v) is 16.1. The Balaban J connectivity index is 1.41. The summed E-state index contributed by atoms with van der Waals surface area (Å²) in [5.74, 6) is -3.86. The number of aryl methyl sites for hydroxylation is 2. The smallest absolute Gasteiger partial charge is 0.313 e. The van der Waals surface area contributed by atoms with Crippen LogP contribution in [0.5, 0.6) is 0 Å². The van der Waals surface area contributed by atoms with Crippen molar-refractivity contribution in [3.63, 3.8) is 0 Å². The Labute approximate surface area is 331 Å². The molecule has 6 rings (SSSR count). The Kier molecular flexibility index (Phi) is 12.4. The second kappa shape index (κ2) is 17.1. The average molecular weight is 813 g/mol. The van der Waals surface area contributed by atoms with Crippen LogP contribution in [0, 0.1) is 25.7 Å². The first-order valence-electron chi connectivity index (χ1n) is 18.9. The number of fused-ring (bicyclic) bond motifs is 1. The third-order valence-electron chi connectivity index (χ3n) is 11.2. The van der Waals surface area contributed by atoms with Crippen molar-refractivity contribution in [3.8, 4) is 0 Å². The number of hydrogen-bond acceptors (Lipinski definition) is 7. The molecule has 1 unspecified atom stereocenters. The van der Waals surface area contributed by atoms with Gasteiger partial charge in [0.15, 0.2) is 0 Å². The van der Waals surface area contributed by atoms with Crippen molar-refractivity contribution in [2.24, 2.45) is 11.8 Å². The van der Waals surface area contributed by atoms with Crippen molar-refractivity contribution in [1.29, 1.82) is 0 Å². The maximum absolute atomic E-state index is 15.3. The van der Waals surface area contributed by atoms with Gasteiger partial charge in [0.05, 0.1) is 36.6 Å². The van der Waals surface area contributed by atoms with E-state index >= 15 is 9.59 Å². The lowest BCUT2D eigenvalue weighted by Gasteiger charge is -2.39. The summed E-state index contributed by atoms with van der Waals surface area (Å²) < 4.78 is 13.2. The number of anilines is 1. The zero-order chi connectivity index (χ0) is 39.4. The van der Waals surface area contributed by atoms with Gasteiger partial charge in [0.2, 0.25) is 11.8 Å². The molecule has 3 heterocycles. The van der Waals surface area contributed by atoms with Gasteiger partial charge in [-0.25, -0.2) is 0 Å². The summed E-state index contributed by atoms with van der Waals surface area (Å²) in [6.07, 6.45) is 2.94. The molecule has 3 aromatic carbocycles. The molecule has 0 radical (unpaired) electrons. The Bertz CT molecular complexity index is 1910. The van der Waals surface area contributed by atoms with E-state index in [0.29, 0.717) is 17.7 Å². The molecule has 0 aliphatic carbocycles. The largest absolute Gasteiger partial charge is 0.455 e. The lowest BCUT2D eigenvalue weighted by molar-refractivity contribution is -0.162. The van der Waals surface area contributed by atoms with E-state index in [1.807, 2.05) is 92.7 Å². The van der Waals surface area contributed by atoms with Crippen LogP contribution in [0.25, 0.3) is 0 Å². The van der Waals surface area contributed by atoms with Crippen molar-refractivity contribution >= 4 is 45.3 Å². The Morgan fingerprint density at radius 1 is 1.07 bits per heavy atom. The molecule has 290 valence electrons. The molecule has 3 saturated heterocycles. The summed E-state index contributed by atoms with van der Waals surface area (Å²) in [6, 6.07) is 21.9. The summed E-state index contributed by atoms with van der Waals surface area (Å²) in [5.41, 5.74) is 2.63. The summed E-state index contributed by atoms with van der Waals surface area (Å²) in [5, 5.41) is 13.9. The highest BCUT2D eigenvalue weighted by Gasteiger charge is 2.77. The van der Waals surface area contributed by atoms with E-state index in [4.69, 9.17) is 9.47 Å². The third kappa shape index (κ3) is 7.79. The zero-order valence-corrected chi connectivity index (χ0v) is 33.2. The molecule has 1 spiro atoms. The van der Waals surface area contributed by atoms with Gasteiger partial charge in [-0.05, 0) is 68.4 Å². The highest BCUT2D eigenvalue weighted by molar-refractivity contribution is 9.09. The standard InChI is InChI=1S/C44H50BrN3O7/c1-6-8-19-35(50)46-29(5)38(31-17-13-10-14-18-31)54-43(53)36-37-41(51)48(32(26-49)24-30-15-11-9-12-16-30)40(44(37)25-33(45)39(36)55-44)42(52)47(22-7-2)34-23-27(3)20-21-28(34)4/h6-7,9-18,20-21,23,29,32-33,36-40,49H,1-2,8,19,22,24-26H2,3-5H3,(H,46,50)/t29-,32+,33?,36-,37+,38-,39-,40-,44+/m0/s1. The van der Waals surface area contributed by atoms with Crippen LogP contribution in [-0.2, 0) is 35.1 Å². The van der Waals surface area contributed by atoms with E-state index in [0.717, 1.165) is 16.7 Å². The zero-order valence-electron chi connectivity index (χ0n) is 31.6. The average Bonchev–Trinajstić information content (AvgIpc) is 3.78. The van der Waals surface area contributed by atoms with Gasteiger partial charge in [-0.15, -0.1) is 13.2 Å². The topological polar surface area (TPSA) is 125 Å². The van der Waals surface area contributed by atoms with Gasteiger partial charge in [0, 0.05) is 23.5 Å². The predicted octanol–water partition coefficient (Wildman–Crippen LogP) is 5.93. The third-order valence-corrected chi connectivity index (χ3v) is 12.0. The minimum atomic E-state index is -1.41. The highest BCUT2D eigenvalue weighted by Crippen LogP contribution is 2.61. The fourth-order valence-electron chi connectivity index (χ4n) is 8.68. The predicted molar refractivity (Wildman–Crippen MR) is 214 cm³/mol. The van der Waals surface area contributed by atoms with Crippen molar-refractivity contribution in [1.82, 2.24) is 10.2 Å². The van der Waals surface area contributed by atoms with E-state index in [1.165, 1.54) is 4.90 Å². The molecule has 2 N–H and O–H groups in total. The number of likely N-dealkylation sites (tertiary alicyclic amines) is 1. The number of aliphatic hydroxyl groups is 1. The van der Waals surface area contributed by atoms with E-state index in [-0.39, 0.29) is 42.4 Å². The van der Waals surface area contributed by atoms with Crippen LogP contribution in [0.3, 0.4) is 0 Å². The second-order valence-electron chi connectivity index (χ2n) is 14.9. The van der Waals surface area contributed by atoms with E-state index in [9.17, 15) is 14.7 Å². The lowest BCUT2D eigenvalue weighted by Crippen LogP contribution is -2.59. The molecule has 55 heavy (non-hydrogen) atoms. The number of halogens is 1. The van der Waals surface area contributed by atoms with Crippen LogP contribution in [0.4, 0.5) is 5.69 Å². The van der Waals surface area contributed by atoms with E-state index < -0.39 is 66.3 Å². The number of carbonyl (C=O) groups excluding carboxylic acids is 4. The Morgan fingerprint density at radius 2 is 1.76 bits per heavy atom. The first-order valence-corrected chi connectivity index (χ1v) is 19.8. The number of amides is 3. The molecule has 3 aromatic rings. The van der Waals surface area contributed by atoms with Gasteiger partial charge in [-0.3, -0.25) is 19.2 Å². The molecule has 0 saturated carbocycles. The normalized spacial score (nSPS) is 25.4. The van der Waals surface area contributed by atoms with Crippen LogP contribution in [0.15, 0.2) is 104 Å².